The minimum Gasteiger partial charge on any atom is -0.457 e. The van der Waals surface area contributed by atoms with Crippen molar-refractivity contribution in [2.75, 3.05) is 11.9 Å². The molecule has 142 valence electrons. The summed E-state index contributed by atoms with van der Waals surface area (Å²) in [4.78, 5) is 12.6. The van der Waals surface area contributed by atoms with E-state index in [9.17, 15) is 13.2 Å². The number of hydrogen-bond donors (Lipinski definition) is 1. The maximum absolute atomic E-state index is 12.5. The van der Waals surface area contributed by atoms with Crippen LogP contribution in [0.5, 0.6) is 11.5 Å². The molecule has 1 aliphatic rings. The molecule has 0 fully saturated rings. The van der Waals surface area contributed by atoms with Crippen molar-refractivity contribution in [3.63, 3.8) is 0 Å². The highest BCUT2D eigenvalue weighted by atomic mass is 32.2. The van der Waals surface area contributed by atoms with Gasteiger partial charge >= 0.3 is 0 Å². The smallest absolute Gasteiger partial charge is 0.244 e. The lowest BCUT2D eigenvalue weighted by atomic mass is 10.2. The maximum Gasteiger partial charge on any atom is 0.244 e. The Balaban J connectivity index is 1.38. The molecule has 1 heterocycles. The van der Waals surface area contributed by atoms with Gasteiger partial charge in [-0.3, -0.25) is 4.79 Å². The molecule has 28 heavy (non-hydrogen) atoms. The van der Waals surface area contributed by atoms with Gasteiger partial charge in [0.1, 0.15) is 11.5 Å². The van der Waals surface area contributed by atoms with Gasteiger partial charge in [-0.05, 0) is 48.0 Å². The van der Waals surface area contributed by atoms with Crippen LogP contribution in [0.25, 0.3) is 0 Å². The second-order valence-electron chi connectivity index (χ2n) is 6.37. The first-order valence-corrected chi connectivity index (χ1v) is 10.2. The van der Waals surface area contributed by atoms with E-state index in [4.69, 9.17) is 4.74 Å². The lowest BCUT2D eigenvalue weighted by Crippen LogP contribution is -2.33. The van der Waals surface area contributed by atoms with Crippen molar-refractivity contribution in [2.24, 2.45) is 0 Å². The molecule has 1 amide bonds. The van der Waals surface area contributed by atoms with Crippen LogP contribution >= 0.6 is 0 Å². The zero-order valence-corrected chi connectivity index (χ0v) is 15.7. The Morgan fingerprint density at radius 1 is 0.893 bits per heavy atom. The monoisotopic (exact) mass is 394 g/mol. The molecular formula is C21H18N2O4S. The summed E-state index contributed by atoms with van der Waals surface area (Å²) in [7, 11) is -3.62. The molecule has 0 atom stereocenters. The maximum atomic E-state index is 12.5. The molecule has 0 aromatic heterocycles. The molecule has 0 spiro atoms. The number of anilines is 1. The number of amides is 1. The van der Waals surface area contributed by atoms with Gasteiger partial charge in [-0.15, -0.1) is 0 Å². The fraction of sp³-hybridized carbons (Fsp3) is 0.0952. The second-order valence-corrected chi connectivity index (χ2v) is 8.27. The number of fused-ring (bicyclic) bond motifs is 1. The fourth-order valence-electron chi connectivity index (χ4n) is 3.03. The van der Waals surface area contributed by atoms with E-state index in [2.05, 4.69) is 5.32 Å². The molecule has 1 aliphatic heterocycles. The van der Waals surface area contributed by atoms with Crippen LogP contribution in [0, 0.1) is 0 Å². The van der Waals surface area contributed by atoms with E-state index in [1.807, 2.05) is 30.3 Å². The zero-order chi connectivity index (χ0) is 19.6. The standard InChI is InChI=1S/C21H18N2O4S/c24-21(15-23-14-16-6-4-5-9-20(16)28(23,25)26)22-17-10-12-19(13-11-17)27-18-7-2-1-3-8-18/h1-13H,14-15H2,(H,22,24). The van der Waals surface area contributed by atoms with Gasteiger partial charge in [0.2, 0.25) is 15.9 Å². The molecule has 0 bridgehead atoms. The highest BCUT2D eigenvalue weighted by Gasteiger charge is 2.35. The molecule has 7 heteroatoms. The van der Waals surface area contributed by atoms with Gasteiger partial charge in [-0.1, -0.05) is 36.4 Å². The number of nitrogens with zero attached hydrogens (tertiary/aromatic N) is 1. The van der Waals surface area contributed by atoms with Crippen LogP contribution in [-0.4, -0.2) is 25.2 Å². The molecule has 1 N–H and O–H groups in total. The highest BCUT2D eigenvalue weighted by molar-refractivity contribution is 7.89. The Morgan fingerprint density at radius 3 is 2.25 bits per heavy atom. The van der Waals surface area contributed by atoms with Gasteiger partial charge < -0.3 is 10.1 Å². The Hall–Kier alpha value is -3.16. The van der Waals surface area contributed by atoms with Crippen LogP contribution < -0.4 is 10.1 Å². The number of benzene rings is 3. The normalized spacial score (nSPS) is 15.0. The summed E-state index contributed by atoms with van der Waals surface area (Å²) in [5.41, 5.74) is 1.28. The van der Waals surface area contributed by atoms with Gasteiger partial charge in [-0.25, -0.2) is 8.42 Å². The number of hydrogen-bond acceptors (Lipinski definition) is 4. The van der Waals surface area contributed by atoms with Crippen LogP contribution in [0.4, 0.5) is 5.69 Å². The minimum absolute atomic E-state index is 0.204. The number of nitrogens with one attached hydrogen (secondary N) is 1. The number of rotatable bonds is 5. The highest BCUT2D eigenvalue weighted by Crippen LogP contribution is 2.29. The van der Waals surface area contributed by atoms with Crippen LogP contribution in [0.2, 0.25) is 0 Å². The van der Waals surface area contributed by atoms with E-state index in [1.165, 1.54) is 4.31 Å². The third-order valence-corrected chi connectivity index (χ3v) is 6.27. The molecule has 0 saturated carbocycles. The van der Waals surface area contributed by atoms with Gasteiger partial charge in [0.25, 0.3) is 0 Å². The quantitative estimate of drug-likeness (QED) is 0.717. The third kappa shape index (κ3) is 3.76. The lowest BCUT2D eigenvalue weighted by Gasteiger charge is -2.14. The summed E-state index contributed by atoms with van der Waals surface area (Å²) in [6, 6.07) is 23.1. The summed E-state index contributed by atoms with van der Waals surface area (Å²) < 4.78 is 31.9. The van der Waals surface area contributed by atoms with Crippen molar-refractivity contribution in [1.29, 1.82) is 0 Å². The molecular weight excluding hydrogens is 376 g/mol. The van der Waals surface area contributed by atoms with Gasteiger partial charge in [0.05, 0.1) is 11.4 Å². The number of carbonyl (C=O) groups is 1. The summed E-state index contributed by atoms with van der Waals surface area (Å²) in [5, 5.41) is 2.72. The number of sulfonamides is 1. The Labute approximate surface area is 163 Å². The lowest BCUT2D eigenvalue weighted by molar-refractivity contribution is -0.116. The largest absolute Gasteiger partial charge is 0.457 e. The average Bonchev–Trinajstić information content (AvgIpc) is 2.94. The van der Waals surface area contributed by atoms with Crippen molar-refractivity contribution >= 4 is 21.6 Å². The topological polar surface area (TPSA) is 75.7 Å². The molecule has 0 radical (unpaired) electrons. The van der Waals surface area contributed by atoms with Crippen molar-refractivity contribution < 1.29 is 17.9 Å². The predicted octanol–water partition coefficient (Wildman–Crippen LogP) is 3.62. The third-order valence-electron chi connectivity index (χ3n) is 4.37. The van der Waals surface area contributed by atoms with Crippen LogP contribution in [0.1, 0.15) is 5.56 Å². The Bertz CT molecular complexity index is 1100. The second kappa shape index (κ2) is 7.46. The van der Waals surface area contributed by atoms with Crippen molar-refractivity contribution in [3.05, 3.63) is 84.4 Å². The minimum atomic E-state index is -3.62. The summed E-state index contributed by atoms with van der Waals surface area (Å²) in [6.45, 7) is -0.0327. The molecule has 0 aliphatic carbocycles. The van der Waals surface area contributed by atoms with E-state index < -0.39 is 15.9 Å². The molecule has 4 rings (SSSR count). The number of ether oxygens (including phenoxy) is 1. The van der Waals surface area contributed by atoms with Crippen LogP contribution in [0.3, 0.4) is 0 Å². The van der Waals surface area contributed by atoms with E-state index in [1.54, 1.807) is 48.5 Å². The van der Waals surface area contributed by atoms with E-state index in [0.717, 1.165) is 5.75 Å². The number of carbonyl (C=O) groups excluding carboxylic acids is 1. The molecule has 0 unspecified atom stereocenters. The first-order chi connectivity index (χ1) is 13.5. The zero-order valence-electron chi connectivity index (χ0n) is 14.9. The molecule has 0 saturated heterocycles. The first-order valence-electron chi connectivity index (χ1n) is 8.73. The summed E-state index contributed by atoms with van der Waals surface area (Å²) in [6.07, 6.45) is 0. The molecule has 6 nitrogen and oxygen atoms in total. The average molecular weight is 394 g/mol. The van der Waals surface area contributed by atoms with Crippen molar-refractivity contribution in [2.45, 2.75) is 11.4 Å². The van der Waals surface area contributed by atoms with E-state index >= 15 is 0 Å². The van der Waals surface area contributed by atoms with Gasteiger partial charge in [0, 0.05) is 12.2 Å². The Morgan fingerprint density at radius 2 is 1.54 bits per heavy atom. The predicted molar refractivity (Wildman–Crippen MR) is 106 cm³/mol. The fourth-order valence-corrected chi connectivity index (χ4v) is 4.62. The molecule has 3 aromatic carbocycles. The van der Waals surface area contributed by atoms with Gasteiger partial charge in [-0.2, -0.15) is 4.31 Å². The van der Waals surface area contributed by atoms with E-state index in [-0.39, 0.29) is 18.0 Å². The van der Waals surface area contributed by atoms with Crippen LogP contribution in [0.15, 0.2) is 83.8 Å². The van der Waals surface area contributed by atoms with Crippen LogP contribution in [-0.2, 0) is 21.4 Å². The van der Waals surface area contributed by atoms with Gasteiger partial charge in [0.15, 0.2) is 0 Å². The van der Waals surface area contributed by atoms with Crippen molar-refractivity contribution in [1.82, 2.24) is 4.31 Å². The first kappa shape index (κ1) is 18.2. The van der Waals surface area contributed by atoms with Crippen molar-refractivity contribution in [3.8, 4) is 11.5 Å². The summed E-state index contributed by atoms with van der Waals surface area (Å²) >= 11 is 0. The Kier molecular flexibility index (Phi) is 4.85. The van der Waals surface area contributed by atoms with E-state index in [0.29, 0.717) is 17.0 Å². The molecule has 3 aromatic rings. The summed E-state index contributed by atoms with van der Waals surface area (Å²) in [5.74, 6) is 0.966. The number of para-hydroxylation sites is 1. The SMILES string of the molecule is O=C(CN1Cc2ccccc2S1(=O)=O)Nc1ccc(Oc2ccccc2)cc1.